The molecule has 0 radical (unpaired) electrons. The van der Waals surface area contributed by atoms with Crippen molar-refractivity contribution < 1.29 is 28.5 Å². The molecule has 7 rings (SSSR count). The number of anilines is 1. The van der Waals surface area contributed by atoms with Gasteiger partial charge in [-0.15, -0.1) is 0 Å². The average Bonchev–Trinajstić information content (AvgIpc) is 3.40. The van der Waals surface area contributed by atoms with E-state index in [1.54, 1.807) is 49.6 Å². The van der Waals surface area contributed by atoms with Crippen LogP contribution in [0.1, 0.15) is 58.2 Å². The van der Waals surface area contributed by atoms with Crippen LogP contribution in [0.5, 0.6) is 40.2 Å². The summed E-state index contributed by atoms with van der Waals surface area (Å²) < 4.78 is 23.5. The first kappa shape index (κ1) is 33.2. The topological polar surface area (TPSA) is 74.3 Å². The fourth-order valence-corrected chi connectivity index (χ4v) is 6.10. The maximum Gasteiger partial charge on any atom is 0.266 e. The highest BCUT2D eigenvalue weighted by Gasteiger charge is 2.37. The second kappa shape index (κ2) is 13.9. The van der Waals surface area contributed by atoms with Crippen molar-refractivity contribution in [3.8, 4) is 40.2 Å². The van der Waals surface area contributed by atoms with Crippen molar-refractivity contribution in [2.75, 3.05) is 12.0 Å². The van der Waals surface area contributed by atoms with E-state index in [0.717, 1.165) is 29.0 Å². The van der Waals surface area contributed by atoms with Gasteiger partial charge in [0.25, 0.3) is 11.8 Å². The van der Waals surface area contributed by atoms with Gasteiger partial charge in [0.2, 0.25) is 0 Å². The van der Waals surface area contributed by atoms with Crippen LogP contribution in [0.3, 0.4) is 0 Å². The molecule has 6 aromatic rings. The van der Waals surface area contributed by atoms with Gasteiger partial charge in [-0.05, 0) is 114 Å². The maximum atomic E-state index is 13.5. The third-order valence-electron chi connectivity index (χ3n) is 9.18. The van der Waals surface area contributed by atoms with Crippen molar-refractivity contribution in [2.24, 2.45) is 0 Å². The van der Waals surface area contributed by atoms with Crippen molar-refractivity contribution in [3.63, 3.8) is 0 Å². The van der Waals surface area contributed by atoms with E-state index < -0.39 is 11.8 Å². The zero-order chi connectivity index (χ0) is 35.5. The Morgan fingerprint density at radius 2 is 0.961 bits per heavy atom. The molecule has 7 heteroatoms. The minimum Gasteiger partial charge on any atom is -0.497 e. The number of benzene rings is 6. The number of fused-ring (bicyclic) bond motifs is 1. The molecular weight excluding hydrogens is 638 g/mol. The van der Waals surface area contributed by atoms with E-state index in [2.05, 4.69) is 32.9 Å². The highest BCUT2D eigenvalue weighted by Crippen LogP contribution is 2.37. The first-order valence-corrected chi connectivity index (χ1v) is 16.8. The summed E-state index contributed by atoms with van der Waals surface area (Å²) in [6.07, 6.45) is 0.966. The van der Waals surface area contributed by atoms with Gasteiger partial charge in [0.05, 0.1) is 23.9 Å². The molecule has 0 spiro atoms. The number of imide groups is 1. The van der Waals surface area contributed by atoms with E-state index in [1.165, 1.54) is 10.5 Å². The van der Waals surface area contributed by atoms with Crippen molar-refractivity contribution in [2.45, 2.75) is 32.6 Å². The fraction of sp³-hybridized carbons (Fsp3) is 0.136. The standard InChI is InChI=1S/C44H37NO6/c1-5-29-9-17-34(18-10-29)49-37-7-6-8-38(27-37)50-36-23-15-32(16-24-36)45-42(46)40-26-25-39(28-41(40)43(45)47)51-35-21-13-31(14-22-35)44(2,3)30-11-19-33(48-4)20-12-30/h6-28H,5H2,1-4H3. The normalized spacial score (nSPS) is 12.4. The van der Waals surface area contributed by atoms with Crippen LogP contribution in [0.4, 0.5) is 5.69 Å². The SMILES string of the molecule is CCc1ccc(Oc2cccc(Oc3ccc(N4C(=O)c5ccc(Oc6ccc(C(C)(C)c7ccc(OC)cc7)cc6)cc5C4=O)cc3)c2)cc1. The van der Waals surface area contributed by atoms with Crippen LogP contribution in [-0.2, 0) is 11.8 Å². The first-order valence-electron chi connectivity index (χ1n) is 16.8. The van der Waals surface area contributed by atoms with Crippen LogP contribution in [0.2, 0.25) is 0 Å². The first-order chi connectivity index (χ1) is 24.7. The van der Waals surface area contributed by atoms with Gasteiger partial charge in [-0.1, -0.05) is 63.2 Å². The fourth-order valence-electron chi connectivity index (χ4n) is 6.10. The Labute approximate surface area is 297 Å². The van der Waals surface area contributed by atoms with Gasteiger partial charge in [0.15, 0.2) is 0 Å². The zero-order valence-electron chi connectivity index (χ0n) is 28.9. The lowest BCUT2D eigenvalue weighted by Gasteiger charge is -2.26. The van der Waals surface area contributed by atoms with Crippen LogP contribution in [0, 0.1) is 0 Å². The number of rotatable bonds is 11. The van der Waals surface area contributed by atoms with E-state index >= 15 is 0 Å². The highest BCUT2D eigenvalue weighted by molar-refractivity contribution is 6.34. The largest absolute Gasteiger partial charge is 0.497 e. The van der Waals surface area contributed by atoms with E-state index in [9.17, 15) is 9.59 Å². The molecule has 0 aromatic heterocycles. The quantitative estimate of drug-likeness (QED) is 0.127. The van der Waals surface area contributed by atoms with Crippen LogP contribution < -0.4 is 23.8 Å². The summed E-state index contributed by atoms with van der Waals surface area (Å²) >= 11 is 0. The third kappa shape index (κ3) is 6.92. The molecular formula is C44H37NO6. The maximum absolute atomic E-state index is 13.5. The van der Waals surface area contributed by atoms with Gasteiger partial charge in [0, 0.05) is 11.5 Å². The predicted molar refractivity (Wildman–Crippen MR) is 198 cm³/mol. The number of hydrogen-bond donors (Lipinski definition) is 0. The molecule has 0 N–H and O–H groups in total. The van der Waals surface area contributed by atoms with Crippen molar-refractivity contribution in [1.29, 1.82) is 0 Å². The van der Waals surface area contributed by atoms with Crippen LogP contribution >= 0.6 is 0 Å². The number of nitrogens with zero attached hydrogens (tertiary/aromatic N) is 1. The zero-order valence-corrected chi connectivity index (χ0v) is 28.9. The summed E-state index contributed by atoms with van der Waals surface area (Å²) in [6.45, 7) is 6.45. The number of hydrogen-bond acceptors (Lipinski definition) is 6. The Kier molecular flexibility index (Phi) is 9.03. The van der Waals surface area contributed by atoms with E-state index in [1.807, 2.05) is 84.9 Å². The summed E-state index contributed by atoms with van der Waals surface area (Å²) in [5.41, 5.74) is 4.35. The number of aryl methyl sites for hydroxylation is 1. The van der Waals surface area contributed by atoms with Gasteiger partial charge in [0.1, 0.15) is 40.2 Å². The lowest BCUT2D eigenvalue weighted by atomic mass is 9.78. The molecule has 0 fully saturated rings. The molecule has 6 aromatic carbocycles. The molecule has 51 heavy (non-hydrogen) atoms. The number of methoxy groups -OCH3 is 1. The van der Waals surface area contributed by atoms with Crippen molar-refractivity contribution in [1.82, 2.24) is 0 Å². The molecule has 7 nitrogen and oxygen atoms in total. The molecule has 0 bridgehead atoms. The Bertz CT molecular complexity index is 2190. The van der Waals surface area contributed by atoms with Crippen LogP contribution in [0.15, 0.2) is 140 Å². The monoisotopic (exact) mass is 675 g/mol. The molecule has 0 saturated carbocycles. The van der Waals surface area contributed by atoms with E-state index in [4.69, 9.17) is 18.9 Å². The number of ether oxygens (including phenoxy) is 4. The molecule has 254 valence electrons. The molecule has 0 unspecified atom stereocenters. The number of carbonyl (C=O) groups is 2. The molecule has 1 aliphatic rings. The lowest BCUT2D eigenvalue weighted by molar-refractivity contribution is 0.0926. The molecule has 0 aliphatic carbocycles. The second-order valence-electron chi connectivity index (χ2n) is 12.8. The van der Waals surface area contributed by atoms with Crippen molar-refractivity contribution in [3.05, 3.63) is 167 Å². The van der Waals surface area contributed by atoms with Crippen LogP contribution in [0.25, 0.3) is 0 Å². The predicted octanol–water partition coefficient (Wildman–Crippen LogP) is 10.8. The summed E-state index contributed by atoms with van der Waals surface area (Å²) in [5.74, 6) is 3.63. The summed E-state index contributed by atoms with van der Waals surface area (Å²) in [6, 6.07) is 43.1. The lowest BCUT2D eigenvalue weighted by Crippen LogP contribution is -2.29. The molecule has 2 amide bonds. The van der Waals surface area contributed by atoms with Gasteiger partial charge in [-0.3, -0.25) is 9.59 Å². The minimum absolute atomic E-state index is 0.236. The van der Waals surface area contributed by atoms with Gasteiger partial charge in [-0.25, -0.2) is 4.90 Å². The smallest absolute Gasteiger partial charge is 0.266 e. The Balaban J connectivity index is 1.01. The third-order valence-corrected chi connectivity index (χ3v) is 9.18. The van der Waals surface area contributed by atoms with E-state index in [0.29, 0.717) is 40.0 Å². The van der Waals surface area contributed by atoms with Gasteiger partial charge < -0.3 is 18.9 Å². The van der Waals surface area contributed by atoms with Crippen LogP contribution in [-0.4, -0.2) is 18.9 Å². The van der Waals surface area contributed by atoms with E-state index in [-0.39, 0.29) is 11.0 Å². The van der Waals surface area contributed by atoms with Gasteiger partial charge in [-0.2, -0.15) is 0 Å². The molecule has 0 saturated heterocycles. The highest BCUT2D eigenvalue weighted by atomic mass is 16.5. The Hall–Kier alpha value is -6.34. The van der Waals surface area contributed by atoms with Crippen molar-refractivity contribution >= 4 is 17.5 Å². The summed E-state index contributed by atoms with van der Waals surface area (Å²) in [4.78, 5) is 28.1. The summed E-state index contributed by atoms with van der Waals surface area (Å²) in [7, 11) is 1.66. The summed E-state index contributed by atoms with van der Waals surface area (Å²) in [5, 5.41) is 0. The second-order valence-corrected chi connectivity index (χ2v) is 12.8. The Morgan fingerprint density at radius 3 is 1.49 bits per heavy atom. The minimum atomic E-state index is -0.414. The average molecular weight is 676 g/mol. The molecule has 1 aliphatic heterocycles. The molecule has 0 atom stereocenters. The number of carbonyl (C=O) groups excluding carboxylic acids is 2. The van der Waals surface area contributed by atoms with Gasteiger partial charge >= 0.3 is 0 Å². The number of amides is 2. The molecule has 1 heterocycles. The Morgan fingerprint density at radius 1 is 0.510 bits per heavy atom.